The van der Waals surface area contributed by atoms with Crippen molar-refractivity contribution in [1.82, 2.24) is 0 Å². The van der Waals surface area contributed by atoms with E-state index in [2.05, 4.69) is 289 Å². The molecule has 0 unspecified atom stereocenters. The fourth-order valence-corrected chi connectivity index (χ4v) is 13.2. The first kappa shape index (κ1) is 46.0. The topological polar surface area (TPSA) is 32.8 Å². The number of hydrogen-bond donors (Lipinski definition) is 0. The highest BCUT2D eigenvalue weighted by Gasteiger charge is 2.25. The first-order valence-electron chi connectivity index (χ1n) is 28.0. The predicted octanol–water partition coefficient (Wildman–Crippen LogP) is 22.7. The molecule has 17 rings (SSSR count). The van der Waals surface area contributed by atoms with Crippen molar-refractivity contribution in [3.8, 4) is 22.3 Å². The van der Waals surface area contributed by atoms with Crippen LogP contribution in [0.4, 0.5) is 34.1 Å². The molecular formula is C78H48N2O2. The fourth-order valence-electron chi connectivity index (χ4n) is 13.2. The van der Waals surface area contributed by atoms with Crippen molar-refractivity contribution < 1.29 is 8.83 Å². The second kappa shape index (κ2) is 18.3. The smallest absolute Gasteiger partial charge is 0.137 e. The second-order valence-electron chi connectivity index (χ2n) is 21.6. The van der Waals surface area contributed by atoms with E-state index >= 15 is 0 Å². The quantitative estimate of drug-likeness (QED) is 0.142. The van der Waals surface area contributed by atoms with Gasteiger partial charge in [-0.1, -0.05) is 194 Å². The van der Waals surface area contributed by atoms with Gasteiger partial charge in [0.05, 0.1) is 11.4 Å². The highest BCUT2D eigenvalue weighted by atomic mass is 16.3. The van der Waals surface area contributed by atoms with E-state index in [0.717, 1.165) is 121 Å². The Kier molecular flexibility index (Phi) is 10.3. The number of benzene rings is 15. The Morgan fingerprint density at radius 3 is 0.988 bits per heavy atom. The van der Waals surface area contributed by atoms with Gasteiger partial charge in [-0.15, -0.1) is 0 Å². The summed E-state index contributed by atoms with van der Waals surface area (Å²) in [5.74, 6) is 0. The lowest BCUT2D eigenvalue weighted by atomic mass is 9.84. The number of para-hydroxylation sites is 2. The maximum Gasteiger partial charge on any atom is 0.137 e. The van der Waals surface area contributed by atoms with Crippen LogP contribution in [0.1, 0.15) is 0 Å². The van der Waals surface area contributed by atoms with Crippen molar-refractivity contribution in [2.45, 2.75) is 0 Å². The highest BCUT2D eigenvalue weighted by molar-refractivity contribution is 6.24. The molecule has 0 aliphatic heterocycles. The SMILES string of the molecule is c1ccc2cc(-c3c4ccc(N(c5ccc6c(c5)oc5ccccc56)c5cccc6ccccc56)cc4c(-c4ccc5ccccc5c4)c4ccc(N(c5ccc6c(c5)oc5ccccc56)c5cccc6ccccc56)cc34)ccc2c1. The number of hydrogen-bond acceptors (Lipinski definition) is 4. The zero-order valence-corrected chi connectivity index (χ0v) is 44.4. The molecule has 0 radical (unpaired) electrons. The van der Waals surface area contributed by atoms with Gasteiger partial charge in [-0.2, -0.15) is 0 Å². The lowest BCUT2D eigenvalue weighted by molar-refractivity contribution is 0.668. The number of anilines is 6. The Hall–Kier alpha value is -10.9. The lowest BCUT2D eigenvalue weighted by Gasteiger charge is -2.29. The molecule has 4 heteroatoms. The van der Waals surface area contributed by atoms with Gasteiger partial charge < -0.3 is 18.6 Å². The normalized spacial score (nSPS) is 11.9. The molecule has 82 heavy (non-hydrogen) atoms. The molecule has 0 saturated carbocycles. The molecule has 0 aliphatic carbocycles. The number of rotatable bonds is 8. The molecule has 0 bridgehead atoms. The minimum atomic E-state index is 0.844. The van der Waals surface area contributed by atoms with E-state index in [1.165, 1.54) is 43.4 Å². The monoisotopic (exact) mass is 1040 g/mol. The molecule has 0 spiro atoms. The summed E-state index contributed by atoms with van der Waals surface area (Å²) >= 11 is 0. The van der Waals surface area contributed by atoms with Crippen LogP contribution in [0.15, 0.2) is 300 Å². The van der Waals surface area contributed by atoms with E-state index in [-0.39, 0.29) is 0 Å². The Morgan fingerprint density at radius 2 is 0.537 bits per heavy atom. The van der Waals surface area contributed by atoms with Gasteiger partial charge in [-0.3, -0.25) is 0 Å². The standard InChI is InChI=1S/C78H48N2O2/c1-3-19-53-43-55(33-31-49(53)15-1)77-67-41-37-58(80(72-28-14-22-52-18-6-8-24-62(52)72)60-36-40-66-64-26-10-12-30-74(64)82-76(66)48-60)46-70(67)78(56-34-32-50-16-2-4-20-54(50)44-56)68-42-38-57(45-69(68)77)79(71-27-13-21-51-17-5-7-23-61(51)71)59-35-39-65-63-25-9-11-29-73(63)81-75(65)47-59/h1-48H. The first-order valence-corrected chi connectivity index (χ1v) is 28.0. The summed E-state index contributed by atoms with van der Waals surface area (Å²) in [6.07, 6.45) is 0. The fraction of sp³-hybridized carbons (Fsp3) is 0. The average molecular weight is 1050 g/mol. The van der Waals surface area contributed by atoms with Crippen LogP contribution in [0.25, 0.3) is 131 Å². The van der Waals surface area contributed by atoms with E-state index in [1.807, 2.05) is 12.1 Å². The van der Waals surface area contributed by atoms with Crippen LogP contribution in [0.3, 0.4) is 0 Å². The minimum Gasteiger partial charge on any atom is -0.456 e. The van der Waals surface area contributed by atoms with Gasteiger partial charge in [-0.05, 0) is 161 Å². The van der Waals surface area contributed by atoms with Crippen molar-refractivity contribution in [3.63, 3.8) is 0 Å². The average Bonchev–Trinajstić information content (AvgIpc) is 3.29. The molecule has 2 heterocycles. The Bertz CT molecular complexity index is 5100. The van der Waals surface area contributed by atoms with Crippen LogP contribution in [0.2, 0.25) is 0 Å². The van der Waals surface area contributed by atoms with Gasteiger partial charge in [0.15, 0.2) is 0 Å². The number of nitrogens with zero attached hydrogens (tertiary/aromatic N) is 2. The molecule has 382 valence electrons. The summed E-state index contributed by atoms with van der Waals surface area (Å²) in [6, 6.07) is 106. The Labute approximate surface area is 472 Å². The summed E-state index contributed by atoms with van der Waals surface area (Å²) < 4.78 is 13.3. The van der Waals surface area contributed by atoms with Crippen molar-refractivity contribution >= 4 is 143 Å². The summed E-state index contributed by atoms with van der Waals surface area (Å²) in [5, 5.41) is 18.4. The van der Waals surface area contributed by atoms with Crippen LogP contribution in [0, 0.1) is 0 Å². The molecule has 15 aromatic carbocycles. The van der Waals surface area contributed by atoms with Crippen molar-refractivity contribution in [3.05, 3.63) is 291 Å². The van der Waals surface area contributed by atoms with E-state index in [1.54, 1.807) is 0 Å². The Balaban J connectivity index is 0.978. The maximum absolute atomic E-state index is 6.63. The van der Waals surface area contributed by atoms with E-state index in [9.17, 15) is 0 Å². The zero-order chi connectivity index (χ0) is 53.8. The van der Waals surface area contributed by atoms with Gasteiger partial charge in [-0.25, -0.2) is 0 Å². The second-order valence-corrected chi connectivity index (χ2v) is 21.6. The lowest BCUT2D eigenvalue weighted by Crippen LogP contribution is -2.11. The third-order valence-electron chi connectivity index (χ3n) is 16.9. The minimum absolute atomic E-state index is 0.844. The number of furan rings is 2. The van der Waals surface area contributed by atoms with Crippen LogP contribution < -0.4 is 9.80 Å². The maximum atomic E-state index is 6.63. The molecule has 0 atom stereocenters. The van der Waals surface area contributed by atoms with Gasteiger partial charge in [0.2, 0.25) is 0 Å². The largest absolute Gasteiger partial charge is 0.456 e. The summed E-state index contributed by atoms with van der Waals surface area (Å²) in [7, 11) is 0. The van der Waals surface area contributed by atoms with Crippen molar-refractivity contribution in [2.75, 3.05) is 9.80 Å². The van der Waals surface area contributed by atoms with Gasteiger partial charge in [0, 0.05) is 67.2 Å². The Morgan fingerprint density at radius 1 is 0.195 bits per heavy atom. The van der Waals surface area contributed by atoms with Crippen LogP contribution in [-0.2, 0) is 0 Å². The van der Waals surface area contributed by atoms with E-state index < -0.39 is 0 Å². The third-order valence-corrected chi connectivity index (χ3v) is 16.9. The summed E-state index contributed by atoms with van der Waals surface area (Å²) in [6.45, 7) is 0. The van der Waals surface area contributed by atoms with Crippen molar-refractivity contribution in [1.29, 1.82) is 0 Å². The highest BCUT2D eigenvalue weighted by Crippen LogP contribution is 2.51. The van der Waals surface area contributed by atoms with Crippen LogP contribution >= 0.6 is 0 Å². The molecule has 0 amide bonds. The van der Waals surface area contributed by atoms with Crippen LogP contribution in [-0.4, -0.2) is 0 Å². The van der Waals surface area contributed by atoms with Crippen molar-refractivity contribution in [2.24, 2.45) is 0 Å². The molecular weight excluding hydrogens is 997 g/mol. The van der Waals surface area contributed by atoms with Gasteiger partial charge in [0.25, 0.3) is 0 Å². The molecule has 0 N–H and O–H groups in total. The molecule has 0 saturated heterocycles. The van der Waals surface area contributed by atoms with E-state index in [0.29, 0.717) is 0 Å². The van der Waals surface area contributed by atoms with E-state index in [4.69, 9.17) is 8.83 Å². The number of fused-ring (bicyclic) bond motifs is 12. The molecule has 0 fully saturated rings. The zero-order valence-electron chi connectivity index (χ0n) is 44.4. The predicted molar refractivity (Wildman–Crippen MR) is 346 cm³/mol. The van der Waals surface area contributed by atoms with Gasteiger partial charge >= 0.3 is 0 Å². The first-order chi connectivity index (χ1) is 40.6. The summed E-state index contributed by atoms with van der Waals surface area (Å²) in [4.78, 5) is 4.84. The van der Waals surface area contributed by atoms with Crippen LogP contribution in [0.5, 0.6) is 0 Å². The molecule has 2 aromatic heterocycles. The molecule has 4 nitrogen and oxygen atoms in total. The van der Waals surface area contributed by atoms with Gasteiger partial charge in [0.1, 0.15) is 22.3 Å². The molecule has 0 aliphatic rings. The third kappa shape index (κ3) is 7.32. The summed E-state index contributed by atoms with van der Waals surface area (Å²) in [5.41, 5.74) is 14.3. The molecule has 17 aromatic rings.